The molecule has 0 spiro atoms. The van der Waals surface area contributed by atoms with Crippen molar-refractivity contribution in [1.29, 1.82) is 5.26 Å². The number of nitriles is 1. The van der Waals surface area contributed by atoms with Gasteiger partial charge in [-0.1, -0.05) is 31.5 Å². The Labute approximate surface area is 226 Å². The van der Waals surface area contributed by atoms with Crippen molar-refractivity contribution >= 4 is 15.9 Å². The molecule has 1 atom stereocenters. The second kappa shape index (κ2) is 13.0. The first kappa shape index (κ1) is 30.0. The number of nitrogens with zero attached hydrogens (tertiary/aromatic N) is 2. The molecule has 1 aromatic rings. The van der Waals surface area contributed by atoms with Crippen LogP contribution in [0.25, 0.3) is 0 Å². The summed E-state index contributed by atoms with van der Waals surface area (Å²) in [7, 11) is -3.77. The topological polar surface area (TPSA) is 99.5 Å². The molecule has 0 radical (unpaired) electrons. The Morgan fingerprint density at radius 3 is 2.42 bits per heavy atom. The van der Waals surface area contributed by atoms with Gasteiger partial charge < -0.3 is 4.74 Å². The zero-order chi connectivity index (χ0) is 28.0. The normalized spacial score (nSPS) is 20.8. The van der Waals surface area contributed by atoms with Crippen LogP contribution in [0.5, 0.6) is 0 Å². The van der Waals surface area contributed by atoms with Gasteiger partial charge in [-0.05, 0) is 87.2 Å². The van der Waals surface area contributed by atoms with Crippen molar-refractivity contribution < 1.29 is 22.3 Å². The van der Waals surface area contributed by atoms with E-state index in [4.69, 9.17) is 4.74 Å². The van der Waals surface area contributed by atoms with Gasteiger partial charge in [0.1, 0.15) is 5.83 Å². The van der Waals surface area contributed by atoms with E-state index in [0.29, 0.717) is 12.5 Å². The van der Waals surface area contributed by atoms with E-state index < -0.39 is 27.9 Å². The molecule has 3 aliphatic rings. The monoisotopic (exact) mass is 545 g/mol. The van der Waals surface area contributed by atoms with Crippen LogP contribution in [0.4, 0.5) is 4.39 Å². The fourth-order valence-electron chi connectivity index (χ4n) is 5.24. The highest BCUT2D eigenvalue weighted by molar-refractivity contribution is 7.89. The number of carbonyl (C=O) groups excluding carboxylic acids is 1. The Balaban J connectivity index is 0.00000195. The Hall–Kier alpha value is -2.54. The summed E-state index contributed by atoms with van der Waals surface area (Å²) in [5, 5.41) is 9.57. The number of sulfonamides is 1. The number of carbonyl (C=O) groups is 1. The first-order valence-corrected chi connectivity index (χ1v) is 15.4. The molecule has 1 aromatic carbocycles. The van der Waals surface area contributed by atoms with E-state index >= 15 is 0 Å². The van der Waals surface area contributed by atoms with Crippen LogP contribution < -0.4 is 4.72 Å². The van der Waals surface area contributed by atoms with E-state index in [0.717, 1.165) is 79.4 Å². The minimum atomic E-state index is -3.77. The minimum absolute atomic E-state index is 0.0443. The summed E-state index contributed by atoms with van der Waals surface area (Å²) in [5.41, 5.74) is 4.70. The molecule has 1 N–H and O–H groups in total. The van der Waals surface area contributed by atoms with Crippen molar-refractivity contribution in [2.45, 2.75) is 72.4 Å². The zero-order valence-corrected chi connectivity index (χ0v) is 24.0. The fraction of sp³-hybridized carbons (Fsp3) is 0.586. The second-order valence-electron chi connectivity index (χ2n) is 10.4. The van der Waals surface area contributed by atoms with Gasteiger partial charge in [0.2, 0.25) is 10.0 Å². The lowest BCUT2D eigenvalue weighted by Crippen LogP contribution is -2.36. The van der Waals surface area contributed by atoms with Crippen LogP contribution in [-0.4, -0.2) is 51.3 Å². The molecule has 38 heavy (non-hydrogen) atoms. The number of halogens is 1. The average Bonchev–Trinajstić information content (AvgIpc) is 3.69. The molecular formula is C29H40FN3O4S. The predicted molar refractivity (Wildman–Crippen MR) is 146 cm³/mol. The third kappa shape index (κ3) is 7.98. The van der Waals surface area contributed by atoms with Crippen molar-refractivity contribution in [3.8, 4) is 6.07 Å². The first-order chi connectivity index (χ1) is 18.0. The van der Waals surface area contributed by atoms with Gasteiger partial charge in [0.05, 0.1) is 36.2 Å². The highest BCUT2D eigenvalue weighted by Crippen LogP contribution is 2.43. The van der Waals surface area contributed by atoms with Gasteiger partial charge in [-0.15, -0.1) is 0 Å². The number of amides is 1. The van der Waals surface area contributed by atoms with Crippen molar-refractivity contribution in [1.82, 2.24) is 9.62 Å². The zero-order valence-electron chi connectivity index (χ0n) is 23.1. The average molecular weight is 546 g/mol. The highest BCUT2D eigenvalue weighted by atomic mass is 32.2. The molecule has 7 nitrogen and oxygen atoms in total. The molecule has 1 saturated carbocycles. The van der Waals surface area contributed by atoms with Gasteiger partial charge in [-0.25, -0.2) is 17.5 Å². The summed E-state index contributed by atoms with van der Waals surface area (Å²) in [4.78, 5) is 14.6. The van der Waals surface area contributed by atoms with Crippen molar-refractivity contribution in [2.75, 3.05) is 26.0 Å². The molecule has 1 saturated heterocycles. The maximum absolute atomic E-state index is 14.8. The third-order valence-electron chi connectivity index (χ3n) is 7.22. The van der Waals surface area contributed by atoms with E-state index in [1.807, 2.05) is 31.6 Å². The summed E-state index contributed by atoms with van der Waals surface area (Å²) >= 11 is 0. The lowest BCUT2D eigenvalue weighted by Gasteiger charge is -2.33. The second-order valence-corrected chi connectivity index (χ2v) is 12.2. The summed E-state index contributed by atoms with van der Waals surface area (Å²) < 4.78 is 45.7. The van der Waals surface area contributed by atoms with Gasteiger partial charge in [0.25, 0.3) is 5.91 Å². The highest BCUT2D eigenvalue weighted by Gasteiger charge is 2.37. The van der Waals surface area contributed by atoms with E-state index in [9.17, 15) is 22.9 Å². The number of hydrogen-bond acceptors (Lipinski definition) is 6. The van der Waals surface area contributed by atoms with Crippen LogP contribution in [-0.2, 0) is 26.1 Å². The maximum atomic E-state index is 14.8. The SMILES string of the molecule is CC.Cc1cc(C)c(C#N)c(CN2CCC(COC3CC(F)=C(C(=O)NS(C)(=O)=O)C=C3C3CC3)CC2)c1. The molecular weight excluding hydrogens is 505 g/mol. The van der Waals surface area contributed by atoms with Gasteiger partial charge >= 0.3 is 0 Å². The maximum Gasteiger partial charge on any atom is 0.267 e. The van der Waals surface area contributed by atoms with Crippen LogP contribution in [0.2, 0.25) is 0 Å². The number of likely N-dealkylation sites (tertiary alicyclic amines) is 1. The number of hydrogen-bond donors (Lipinski definition) is 1. The van der Waals surface area contributed by atoms with Crippen LogP contribution >= 0.6 is 0 Å². The molecule has 208 valence electrons. The largest absolute Gasteiger partial charge is 0.373 e. The number of rotatable bonds is 8. The van der Waals surface area contributed by atoms with Gasteiger partial charge in [-0.2, -0.15) is 5.26 Å². The molecule has 0 aromatic heterocycles. The van der Waals surface area contributed by atoms with E-state index in [2.05, 4.69) is 24.0 Å². The van der Waals surface area contributed by atoms with Crippen LogP contribution in [0.15, 0.2) is 35.2 Å². The number of benzene rings is 1. The van der Waals surface area contributed by atoms with Crippen molar-refractivity contribution in [3.63, 3.8) is 0 Å². The Morgan fingerprint density at radius 1 is 1.18 bits per heavy atom. The van der Waals surface area contributed by atoms with Crippen LogP contribution in [0, 0.1) is 37.0 Å². The summed E-state index contributed by atoms with van der Waals surface area (Å²) in [5.74, 6) is -0.944. The van der Waals surface area contributed by atoms with E-state index in [1.54, 1.807) is 0 Å². The van der Waals surface area contributed by atoms with Gasteiger partial charge in [0.15, 0.2) is 0 Å². The van der Waals surface area contributed by atoms with Gasteiger partial charge in [0, 0.05) is 13.0 Å². The van der Waals surface area contributed by atoms with Crippen molar-refractivity contribution in [3.05, 3.63) is 57.4 Å². The minimum Gasteiger partial charge on any atom is -0.373 e. The number of ether oxygens (including phenoxy) is 1. The number of piperidine rings is 1. The predicted octanol–water partition coefficient (Wildman–Crippen LogP) is 4.84. The first-order valence-electron chi connectivity index (χ1n) is 13.5. The quantitative estimate of drug-likeness (QED) is 0.502. The fourth-order valence-corrected chi connectivity index (χ4v) is 5.68. The molecule has 2 aliphatic carbocycles. The number of nitrogens with one attached hydrogen (secondary N) is 1. The lowest BCUT2D eigenvalue weighted by molar-refractivity contribution is -0.115. The summed E-state index contributed by atoms with van der Waals surface area (Å²) in [6.45, 7) is 11.1. The molecule has 1 amide bonds. The van der Waals surface area contributed by atoms with Gasteiger partial charge in [-0.3, -0.25) is 9.69 Å². The number of aryl methyl sites for hydroxylation is 2. The standard InChI is InChI=1S/C27H34FN3O4S.C2H6/c1-17-10-18(2)24(14-29)21(11-17)15-31-8-6-19(7-9-31)16-35-26-13-25(28)23(12-22(26)20-4-5-20)27(32)30-36(3,33)34;1-2/h10-12,19-20,26H,4-9,13,15-16H2,1-3H3,(H,30,32);1-2H3. The lowest BCUT2D eigenvalue weighted by atomic mass is 9.91. The van der Waals surface area contributed by atoms with Crippen LogP contribution in [0.3, 0.4) is 0 Å². The van der Waals surface area contributed by atoms with Crippen molar-refractivity contribution in [2.24, 2.45) is 11.8 Å². The summed E-state index contributed by atoms with van der Waals surface area (Å²) in [6, 6.07) is 6.49. The third-order valence-corrected chi connectivity index (χ3v) is 7.77. The smallest absolute Gasteiger partial charge is 0.267 e. The molecule has 0 bridgehead atoms. The Morgan fingerprint density at radius 2 is 1.84 bits per heavy atom. The summed E-state index contributed by atoms with van der Waals surface area (Å²) in [6.07, 6.45) is 5.77. The Bertz CT molecular complexity index is 1240. The molecule has 1 heterocycles. The Kier molecular flexibility index (Phi) is 10.3. The van der Waals surface area contributed by atoms with E-state index in [1.165, 1.54) is 6.08 Å². The molecule has 9 heteroatoms. The van der Waals surface area contributed by atoms with Crippen LogP contribution in [0.1, 0.15) is 68.2 Å². The van der Waals surface area contributed by atoms with E-state index in [-0.39, 0.29) is 17.9 Å². The molecule has 4 rings (SSSR count). The molecule has 1 aliphatic heterocycles. The molecule has 1 unspecified atom stereocenters. The molecule has 2 fully saturated rings.